The van der Waals surface area contributed by atoms with Gasteiger partial charge >= 0.3 is 0 Å². The molecule has 7 nitrogen and oxygen atoms in total. The van der Waals surface area contributed by atoms with Gasteiger partial charge in [0.05, 0.1) is 4.90 Å². The van der Waals surface area contributed by atoms with Crippen LogP contribution in [0, 0.1) is 0 Å². The van der Waals surface area contributed by atoms with Crippen LogP contribution >= 0.6 is 11.6 Å². The molecule has 0 radical (unpaired) electrons. The molecule has 0 atom stereocenters. The second-order valence-corrected chi connectivity index (χ2v) is 8.07. The maximum absolute atomic E-state index is 12.4. The third-order valence-electron chi connectivity index (χ3n) is 3.82. The van der Waals surface area contributed by atoms with Crippen molar-refractivity contribution >= 4 is 33.2 Å². The van der Waals surface area contributed by atoms with Gasteiger partial charge in [0.2, 0.25) is 15.9 Å². The van der Waals surface area contributed by atoms with Gasteiger partial charge in [-0.05, 0) is 42.8 Å². The van der Waals surface area contributed by atoms with Crippen molar-refractivity contribution in [3.05, 3.63) is 47.5 Å². The van der Waals surface area contributed by atoms with Gasteiger partial charge in [-0.25, -0.2) is 13.1 Å². The van der Waals surface area contributed by atoms with Gasteiger partial charge in [-0.15, -0.1) is 0 Å². The standard InChI is InChI=1S/C18H19ClN2O5S/c19-13-3-5-14(6-4-13)21-18(22)2-1-9-20-27(23,24)15-7-8-16-17(12-15)26-11-10-25-16/h3-8,12,20H,1-2,9-11H2,(H,21,22). The lowest BCUT2D eigenvalue weighted by atomic mass is 10.2. The number of ether oxygens (including phenoxy) is 2. The molecule has 2 N–H and O–H groups in total. The highest BCUT2D eigenvalue weighted by molar-refractivity contribution is 7.89. The Kier molecular flexibility index (Phi) is 6.20. The highest BCUT2D eigenvalue weighted by Crippen LogP contribution is 2.32. The summed E-state index contributed by atoms with van der Waals surface area (Å²) in [7, 11) is -3.69. The van der Waals surface area contributed by atoms with E-state index in [2.05, 4.69) is 10.0 Å². The zero-order valence-corrected chi connectivity index (χ0v) is 16.0. The molecule has 0 aromatic heterocycles. The van der Waals surface area contributed by atoms with Crippen molar-refractivity contribution in [3.63, 3.8) is 0 Å². The Morgan fingerprint density at radius 1 is 1.04 bits per heavy atom. The second kappa shape index (κ2) is 8.60. The normalized spacial score (nSPS) is 13.2. The molecule has 9 heteroatoms. The van der Waals surface area contributed by atoms with Gasteiger partial charge in [-0.1, -0.05) is 11.6 Å². The van der Waals surface area contributed by atoms with E-state index in [4.69, 9.17) is 21.1 Å². The van der Waals surface area contributed by atoms with Crippen LogP contribution in [0.3, 0.4) is 0 Å². The van der Waals surface area contributed by atoms with Crippen LogP contribution in [0.25, 0.3) is 0 Å². The summed E-state index contributed by atoms with van der Waals surface area (Å²) in [4.78, 5) is 12.0. The monoisotopic (exact) mass is 410 g/mol. The summed E-state index contributed by atoms with van der Waals surface area (Å²) in [5.41, 5.74) is 0.640. The first-order valence-corrected chi connectivity index (χ1v) is 10.2. The van der Waals surface area contributed by atoms with E-state index in [1.165, 1.54) is 12.1 Å². The highest BCUT2D eigenvalue weighted by atomic mass is 35.5. The molecule has 1 aliphatic heterocycles. The summed E-state index contributed by atoms with van der Waals surface area (Å²) in [5, 5.41) is 3.31. The summed E-state index contributed by atoms with van der Waals surface area (Å²) < 4.78 is 38.0. The first-order valence-electron chi connectivity index (χ1n) is 8.39. The quantitative estimate of drug-likeness (QED) is 0.684. The van der Waals surface area contributed by atoms with Crippen LogP contribution < -0.4 is 19.5 Å². The number of halogens is 1. The minimum absolute atomic E-state index is 0.0948. The second-order valence-electron chi connectivity index (χ2n) is 5.86. The fourth-order valence-electron chi connectivity index (χ4n) is 2.49. The molecule has 0 bridgehead atoms. The predicted octanol–water partition coefficient (Wildman–Crippen LogP) is 2.81. The lowest BCUT2D eigenvalue weighted by Crippen LogP contribution is -2.26. The number of fused-ring (bicyclic) bond motifs is 1. The highest BCUT2D eigenvalue weighted by Gasteiger charge is 2.19. The van der Waals surface area contributed by atoms with Gasteiger partial charge in [0.15, 0.2) is 11.5 Å². The third-order valence-corrected chi connectivity index (χ3v) is 5.54. The van der Waals surface area contributed by atoms with E-state index < -0.39 is 10.0 Å². The van der Waals surface area contributed by atoms with E-state index in [1.807, 2.05) is 0 Å². The zero-order chi connectivity index (χ0) is 19.3. The molecule has 27 heavy (non-hydrogen) atoms. The van der Waals surface area contributed by atoms with Crippen LogP contribution in [-0.4, -0.2) is 34.1 Å². The topological polar surface area (TPSA) is 93.7 Å². The zero-order valence-electron chi connectivity index (χ0n) is 14.4. The summed E-state index contributed by atoms with van der Waals surface area (Å²) >= 11 is 5.79. The Morgan fingerprint density at radius 2 is 1.74 bits per heavy atom. The average Bonchev–Trinajstić information content (AvgIpc) is 2.67. The first-order chi connectivity index (χ1) is 12.9. The van der Waals surface area contributed by atoms with Crippen LogP contribution in [0.4, 0.5) is 5.69 Å². The Labute approximate surface area is 162 Å². The Hall–Kier alpha value is -2.29. The van der Waals surface area contributed by atoms with Crippen molar-refractivity contribution < 1.29 is 22.7 Å². The SMILES string of the molecule is O=C(CCCNS(=O)(=O)c1ccc2c(c1)OCCO2)Nc1ccc(Cl)cc1. The van der Waals surface area contributed by atoms with Crippen molar-refractivity contribution in [2.45, 2.75) is 17.7 Å². The lowest BCUT2D eigenvalue weighted by molar-refractivity contribution is -0.116. The number of hydrogen-bond acceptors (Lipinski definition) is 5. The molecule has 0 aliphatic carbocycles. The average molecular weight is 411 g/mol. The van der Waals surface area contributed by atoms with E-state index in [1.54, 1.807) is 30.3 Å². The first kappa shape index (κ1) is 19.5. The predicted molar refractivity (Wildman–Crippen MR) is 102 cm³/mol. The van der Waals surface area contributed by atoms with Crippen molar-refractivity contribution in [1.29, 1.82) is 0 Å². The number of anilines is 1. The Morgan fingerprint density at radius 3 is 2.48 bits per heavy atom. The summed E-state index contributed by atoms with van der Waals surface area (Å²) in [6, 6.07) is 11.2. The fraction of sp³-hybridized carbons (Fsp3) is 0.278. The van der Waals surface area contributed by atoms with E-state index in [9.17, 15) is 13.2 Å². The van der Waals surface area contributed by atoms with Gasteiger partial charge in [-0.2, -0.15) is 0 Å². The van der Waals surface area contributed by atoms with Gasteiger partial charge in [0.1, 0.15) is 13.2 Å². The van der Waals surface area contributed by atoms with E-state index in [0.717, 1.165) is 0 Å². The summed E-state index contributed by atoms with van der Waals surface area (Å²) in [6.45, 7) is 0.965. The number of carbonyl (C=O) groups excluding carboxylic acids is 1. The van der Waals surface area contributed by atoms with E-state index >= 15 is 0 Å². The van der Waals surface area contributed by atoms with Crippen molar-refractivity contribution in [1.82, 2.24) is 4.72 Å². The number of hydrogen-bond donors (Lipinski definition) is 2. The largest absolute Gasteiger partial charge is 0.486 e. The third kappa shape index (κ3) is 5.35. The molecule has 3 rings (SSSR count). The maximum atomic E-state index is 12.4. The molecule has 0 saturated heterocycles. The number of rotatable bonds is 7. The van der Waals surface area contributed by atoms with Gasteiger partial charge < -0.3 is 14.8 Å². The van der Waals surface area contributed by atoms with Crippen LogP contribution in [0.2, 0.25) is 5.02 Å². The molecule has 1 amide bonds. The van der Waals surface area contributed by atoms with Gasteiger partial charge in [0.25, 0.3) is 0 Å². The van der Waals surface area contributed by atoms with Crippen LogP contribution in [-0.2, 0) is 14.8 Å². The summed E-state index contributed by atoms with van der Waals surface area (Å²) in [6.07, 6.45) is 0.551. The number of nitrogens with one attached hydrogen (secondary N) is 2. The van der Waals surface area contributed by atoms with Crippen molar-refractivity contribution in [2.75, 3.05) is 25.1 Å². The molecule has 0 saturated carbocycles. The number of carbonyl (C=O) groups is 1. The molecule has 0 fully saturated rings. The van der Waals surface area contributed by atoms with Gasteiger partial charge in [0, 0.05) is 29.7 Å². The molecule has 1 aliphatic rings. The van der Waals surface area contributed by atoms with Gasteiger partial charge in [-0.3, -0.25) is 4.79 Å². The van der Waals surface area contributed by atoms with Crippen molar-refractivity contribution in [3.8, 4) is 11.5 Å². The van der Waals surface area contributed by atoms with Crippen molar-refractivity contribution in [2.24, 2.45) is 0 Å². The molecule has 144 valence electrons. The lowest BCUT2D eigenvalue weighted by Gasteiger charge is -2.18. The molecule has 0 unspecified atom stereocenters. The maximum Gasteiger partial charge on any atom is 0.240 e. The number of sulfonamides is 1. The molecule has 1 heterocycles. The minimum atomic E-state index is -3.69. The molecule has 0 spiro atoms. The van der Waals surface area contributed by atoms with Crippen LogP contribution in [0.15, 0.2) is 47.4 Å². The fourth-order valence-corrected chi connectivity index (χ4v) is 3.70. The van der Waals surface area contributed by atoms with E-state index in [-0.39, 0.29) is 23.8 Å². The summed E-state index contributed by atoms with van der Waals surface area (Å²) in [5.74, 6) is 0.737. The minimum Gasteiger partial charge on any atom is -0.486 e. The molecule has 2 aromatic carbocycles. The Bertz CT molecular complexity index is 916. The number of benzene rings is 2. The molecular weight excluding hydrogens is 392 g/mol. The Balaban J connectivity index is 1.47. The molecule has 2 aromatic rings. The number of amides is 1. The molecular formula is C18H19ClN2O5S. The van der Waals surface area contributed by atoms with E-state index in [0.29, 0.717) is 41.8 Å². The van der Waals surface area contributed by atoms with Crippen LogP contribution in [0.5, 0.6) is 11.5 Å². The van der Waals surface area contributed by atoms with Crippen LogP contribution in [0.1, 0.15) is 12.8 Å². The smallest absolute Gasteiger partial charge is 0.240 e.